The number of amides is 1. The van der Waals surface area contributed by atoms with Crippen molar-refractivity contribution in [2.24, 2.45) is 5.41 Å². The average molecular weight is 307 g/mol. The number of carboxylic acids is 1. The number of aryl methyl sites for hydroxylation is 1. The SMILES string of the molecule is CCC1(C(=O)O)CCN(C(=O)c2csc3c2CCCC3)C1. The lowest BCUT2D eigenvalue weighted by Gasteiger charge is -2.23. The fraction of sp³-hybridized carbons (Fsp3) is 0.625. The Balaban J connectivity index is 1.81. The van der Waals surface area contributed by atoms with Gasteiger partial charge in [-0.25, -0.2) is 0 Å². The Kier molecular flexibility index (Phi) is 3.78. The number of carbonyl (C=O) groups is 2. The van der Waals surface area contributed by atoms with Gasteiger partial charge in [0.1, 0.15) is 0 Å². The number of likely N-dealkylation sites (tertiary alicyclic amines) is 1. The molecule has 1 fully saturated rings. The predicted molar refractivity (Wildman–Crippen MR) is 81.8 cm³/mol. The van der Waals surface area contributed by atoms with Crippen molar-refractivity contribution in [2.75, 3.05) is 13.1 Å². The first-order valence-corrected chi connectivity index (χ1v) is 8.57. The summed E-state index contributed by atoms with van der Waals surface area (Å²) in [5.74, 6) is -0.737. The number of fused-ring (bicyclic) bond motifs is 1. The van der Waals surface area contributed by atoms with E-state index < -0.39 is 11.4 Å². The Morgan fingerprint density at radius 2 is 2.14 bits per heavy atom. The number of hydrogen-bond acceptors (Lipinski definition) is 3. The van der Waals surface area contributed by atoms with Gasteiger partial charge in [0, 0.05) is 23.3 Å². The molecule has 1 unspecified atom stereocenters. The molecule has 0 saturated carbocycles. The minimum absolute atomic E-state index is 0.0333. The highest BCUT2D eigenvalue weighted by atomic mass is 32.1. The second-order valence-corrected chi connectivity index (χ2v) is 7.14. The maximum absolute atomic E-state index is 12.7. The summed E-state index contributed by atoms with van der Waals surface area (Å²) in [6.07, 6.45) is 5.58. The molecule has 1 aliphatic heterocycles. The lowest BCUT2D eigenvalue weighted by molar-refractivity contribution is -0.148. The summed E-state index contributed by atoms with van der Waals surface area (Å²) in [5, 5.41) is 11.4. The summed E-state index contributed by atoms with van der Waals surface area (Å²) < 4.78 is 0. The first-order chi connectivity index (χ1) is 10.1. The van der Waals surface area contributed by atoms with E-state index in [1.807, 2.05) is 12.3 Å². The minimum Gasteiger partial charge on any atom is -0.481 e. The van der Waals surface area contributed by atoms with Crippen molar-refractivity contribution >= 4 is 23.2 Å². The summed E-state index contributed by atoms with van der Waals surface area (Å²) in [7, 11) is 0. The molecular formula is C16H21NO3S. The highest BCUT2D eigenvalue weighted by Crippen LogP contribution is 2.37. The van der Waals surface area contributed by atoms with Crippen molar-refractivity contribution < 1.29 is 14.7 Å². The minimum atomic E-state index is -0.771. The fourth-order valence-electron chi connectivity index (χ4n) is 3.50. The van der Waals surface area contributed by atoms with Gasteiger partial charge in [0.15, 0.2) is 0 Å². The van der Waals surface area contributed by atoms with E-state index in [-0.39, 0.29) is 5.91 Å². The van der Waals surface area contributed by atoms with Gasteiger partial charge in [0.2, 0.25) is 0 Å². The van der Waals surface area contributed by atoms with Crippen LogP contribution in [0.3, 0.4) is 0 Å². The molecule has 3 rings (SSSR count). The van der Waals surface area contributed by atoms with Crippen LogP contribution in [0.25, 0.3) is 0 Å². The monoisotopic (exact) mass is 307 g/mol. The molecule has 4 nitrogen and oxygen atoms in total. The van der Waals surface area contributed by atoms with Gasteiger partial charge in [-0.15, -0.1) is 11.3 Å². The molecule has 1 atom stereocenters. The largest absolute Gasteiger partial charge is 0.481 e. The zero-order valence-corrected chi connectivity index (χ0v) is 13.2. The zero-order chi connectivity index (χ0) is 15.0. The van der Waals surface area contributed by atoms with Gasteiger partial charge < -0.3 is 10.0 Å². The van der Waals surface area contributed by atoms with Crippen LogP contribution in [-0.4, -0.2) is 35.0 Å². The number of thiophene rings is 1. The fourth-order valence-corrected chi connectivity index (χ4v) is 4.62. The number of carboxylic acid groups (broad SMARTS) is 1. The van der Waals surface area contributed by atoms with Gasteiger partial charge in [0.05, 0.1) is 11.0 Å². The zero-order valence-electron chi connectivity index (χ0n) is 12.4. The van der Waals surface area contributed by atoms with Crippen LogP contribution < -0.4 is 0 Å². The third-order valence-electron chi connectivity index (χ3n) is 5.06. The Morgan fingerprint density at radius 3 is 2.81 bits per heavy atom. The molecule has 1 N–H and O–H groups in total. The third kappa shape index (κ3) is 2.37. The van der Waals surface area contributed by atoms with Gasteiger partial charge in [-0.05, 0) is 44.1 Å². The van der Waals surface area contributed by atoms with Crippen molar-refractivity contribution in [3.8, 4) is 0 Å². The van der Waals surface area contributed by atoms with E-state index in [2.05, 4.69) is 0 Å². The number of nitrogens with zero attached hydrogens (tertiary/aromatic N) is 1. The highest BCUT2D eigenvalue weighted by molar-refractivity contribution is 7.10. The number of carbonyl (C=O) groups excluding carboxylic acids is 1. The second kappa shape index (κ2) is 5.44. The summed E-state index contributed by atoms with van der Waals surface area (Å²) in [4.78, 5) is 27.3. The Bertz CT molecular complexity index is 580. The van der Waals surface area contributed by atoms with Crippen LogP contribution in [0.4, 0.5) is 0 Å². The Hall–Kier alpha value is -1.36. The molecule has 1 amide bonds. The maximum atomic E-state index is 12.7. The summed E-state index contributed by atoms with van der Waals surface area (Å²) >= 11 is 1.69. The molecule has 21 heavy (non-hydrogen) atoms. The molecule has 0 aromatic carbocycles. The highest BCUT2D eigenvalue weighted by Gasteiger charge is 2.45. The van der Waals surface area contributed by atoms with Crippen molar-refractivity contribution in [1.29, 1.82) is 0 Å². The van der Waals surface area contributed by atoms with E-state index in [9.17, 15) is 14.7 Å². The number of hydrogen-bond donors (Lipinski definition) is 1. The van der Waals surface area contributed by atoms with E-state index in [0.717, 1.165) is 24.8 Å². The summed E-state index contributed by atoms with van der Waals surface area (Å²) in [6, 6.07) is 0. The van der Waals surface area contributed by atoms with E-state index in [1.54, 1.807) is 16.2 Å². The van der Waals surface area contributed by atoms with E-state index in [1.165, 1.54) is 16.9 Å². The molecule has 2 heterocycles. The lowest BCUT2D eigenvalue weighted by atomic mass is 9.84. The smallest absolute Gasteiger partial charge is 0.311 e. The Morgan fingerprint density at radius 1 is 1.38 bits per heavy atom. The molecule has 0 radical (unpaired) electrons. The first kappa shape index (κ1) is 14.6. The topological polar surface area (TPSA) is 57.6 Å². The van der Waals surface area contributed by atoms with Crippen molar-refractivity contribution in [3.05, 3.63) is 21.4 Å². The second-order valence-electron chi connectivity index (χ2n) is 6.17. The van der Waals surface area contributed by atoms with Crippen LogP contribution in [-0.2, 0) is 17.6 Å². The van der Waals surface area contributed by atoms with Crippen LogP contribution in [0.15, 0.2) is 5.38 Å². The molecule has 2 aliphatic rings. The molecule has 0 spiro atoms. The molecular weight excluding hydrogens is 286 g/mol. The quantitative estimate of drug-likeness (QED) is 0.934. The van der Waals surface area contributed by atoms with Crippen molar-refractivity contribution in [1.82, 2.24) is 4.90 Å². The Labute approximate surface area is 128 Å². The van der Waals surface area contributed by atoms with Crippen LogP contribution in [0.1, 0.15) is 53.4 Å². The van der Waals surface area contributed by atoms with Crippen LogP contribution in [0.2, 0.25) is 0 Å². The van der Waals surface area contributed by atoms with E-state index in [4.69, 9.17) is 0 Å². The standard InChI is InChI=1S/C16H21NO3S/c1-2-16(15(19)20)7-8-17(10-16)14(18)12-9-21-13-6-4-3-5-11(12)13/h9H,2-8,10H2,1H3,(H,19,20). The van der Waals surface area contributed by atoms with Gasteiger partial charge >= 0.3 is 5.97 Å². The van der Waals surface area contributed by atoms with Crippen LogP contribution in [0.5, 0.6) is 0 Å². The molecule has 0 bridgehead atoms. The first-order valence-electron chi connectivity index (χ1n) is 7.69. The van der Waals surface area contributed by atoms with Crippen LogP contribution in [0, 0.1) is 5.41 Å². The maximum Gasteiger partial charge on any atom is 0.311 e. The van der Waals surface area contributed by atoms with Gasteiger partial charge in [-0.3, -0.25) is 9.59 Å². The van der Waals surface area contributed by atoms with E-state index in [0.29, 0.717) is 25.9 Å². The number of aliphatic carboxylic acids is 1. The van der Waals surface area contributed by atoms with Gasteiger partial charge in [-0.1, -0.05) is 6.92 Å². The molecule has 1 saturated heterocycles. The van der Waals surface area contributed by atoms with Crippen molar-refractivity contribution in [2.45, 2.75) is 45.4 Å². The number of rotatable bonds is 3. The molecule has 1 aromatic heterocycles. The van der Waals surface area contributed by atoms with Crippen molar-refractivity contribution in [3.63, 3.8) is 0 Å². The predicted octanol–water partition coefficient (Wildman–Crippen LogP) is 2.95. The summed E-state index contributed by atoms with van der Waals surface area (Å²) in [6.45, 7) is 2.81. The van der Waals surface area contributed by atoms with Gasteiger partial charge in [0.25, 0.3) is 5.91 Å². The molecule has 1 aromatic rings. The summed E-state index contributed by atoms with van der Waals surface area (Å²) in [5.41, 5.74) is 1.30. The molecule has 5 heteroatoms. The lowest BCUT2D eigenvalue weighted by Crippen LogP contribution is -2.36. The average Bonchev–Trinajstić information content (AvgIpc) is 3.12. The van der Waals surface area contributed by atoms with E-state index >= 15 is 0 Å². The third-order valence-corrected chi connectivity index (χ3v) is 6.15. The molecule has 114 valence electrons. The normalized spacial score (nSPS) is 24.9. The van der Waals surface area contributed by atoms with Gasteiger partial charge in [-0.2, -0.15) is 0 Å². The molecule has 1 aliphatic carbocycles. The van der Waals surface area contributed by atoms with Crippen LogP contribution >= 0.6 is 11.3 Å².